The number of hydrogen-bond donors (Lipinski definition) is 1. The minimum Gasteiger partial charge on any atom is -0.353 e. The van der Waals surface area contributed by atoms with Crippen molar-refractivity contribution in [2.75, 3.05) is 14.1 Å². The first-order chi connectivity index (χ1) is 14.0. The third-order valence-electron chi connectivity index (χ3n) is 6.25. The van der Waals surface area contributed by atoms with Crippen LogP contribution < -0.4 is 5.32 Å². The summed E-state index contributed by atoms with van der Waals surface area (Å²) in [7, 11) is 4.30. The number of nitrogens with one attached hydrogen (secondary N) is 1. The van der Waals surface area contributed by atoms with Gasteiger partial charge in [0.05, 0.1) is 0 Å². The van der Waals surface area contributed by atoms with Crippen molar-refractivity contribution in [2.45, 2.75) is 56.5 Å². The molecule has 4 nitrogen and oxygen atoms in total. The number of ketones is 1. The second-order valence-corrected chi connectivity index (χ2v) is 8.28. The second kappa shape index (κ2) is 11.3. The van der Waals surface area contributed by atoms with Crippen LogP contribution in [0.25, 0.3) is 0 Å². The van der Waals surface area contributed by atoms with Gasteiger partial charge in [-0.1, -0.05) is 60.7 Å². The van der Waals surface area contributed by atoms with E-state index in [1.165, 1.54) is 5.56 Å². The summed E-state index contributed by atoms with van der Waals surface area (Å²) in [5, 5.41) is 3.19. The summed E-state index contributed by atoms with van der Waals surface area (Å²) in [6.45, 7) is 0. The summed E-state index contributed by atoms with van der Waals surface area (Å²) in [6.07, 6.45) is 5.43. The zero-order chi connectivity index (χ0) is 20.7. The molecule has 1 aliphatic rings. The van der Waals surface area contributed by atoms with Crippen molar-refractivity contribution in [1.29, 1.82) is 0 Å². The molecule has 1 fully saturated rings. The highest BCUT2D eigenvalue weighted by Crippen LogP contribution is 2.41. The van der Waals surface area contributed by atoms with Crippen LogP contribution in [0.1, 0.15) is 60.9 Å². The number of Topliss-reactive ketones (excluding diaryl/α,β-unsaturated/α-hetero) is 1. The van der Waals surface area contributed by atoms with Crippen molar-refractivity contribution in [1.82, 2.24) is 10.2 Å². The minimum absolute atomic E-state index is 0. The average molecular weight is 429 g/mol. The Bertz CT molecular complexity index is 800. The third kappa shape index (κ3) is 5.93. The Morgan fingerprint density at radius 1 is 0.933 bits per heavy atom. The lowest BCUT2D eigenvalue weighted by Gasteiger charge is -2.45. The van der Waals surface area contributed by atoms with E-state index in [1.807, 2.05) is 30.3 Å². The van der Waals surface area contributed by atoms with E-state index in [0.29, 0.717) is 19.3 Å². The van der Waals surface area contributed by atoms with Crippen LogP contribution in [0, 0.1) is 0 Å². The molecule has 3 rings (SSSR count). The summed E-state index contributed by atoms with van der Waals surface area (Å²) >= 11 is 0. The summed E-state index contributed by atoms with van der Waals surface area (Å²) in [4.78, 5) is 26.8. The fourth-order valence-electron chi connectivity index (χ4n) is 4.46. The Morgan fingerprint density at radius 3 is 2.07 bits per heavy atom. The summed E-state index contributed by atoms with van der Waals surface area (Å²) in [5.74, 6) is 0.169. The lowest BCUT2D eigenvalue weighted by atomic mass is 9.74. The molecule has 0 radical (unpaired) electrons. The van der Waals surface area contributed by atoms with E-state index in [9.17, 15) is 9.59 Å². The molecule has 30 heavy (non-hydrogen) atoms. The van der Waals surface area contributed by atoms with Gasteiger partial charge in [0.25, 0.3) is 0 Å². The standard InChI is InChI=1S/C25H32N2O2.ClH/c1-27(2)25(21-12-7-4-8-13-21)18-16-22(17-19-25)26-24(29)15-9-14-23(28)20-10-5-3-6-11-20;/h3-8,10-13,22H,9,14-19H2,1-2H3,(H,26,29);1H. The molecular weight excluding hydrogens is 396 g/mol. The van der Waals surface area contributed by atoms with Gasteiger partial charge in [0.15, 0.2) is 5.78 Å². The van der Waals surface area contributed by atoms with Gasteiger partial charge in [-0.15, -0.1) is 12.4 Å². The number of carbonyl (C=O) groups is 2. The monoisotopic (exact) mass is 428 g/mol. The summed E-state index contributed by atoms with van der Waals surface area (Å²) in [6, 6.07) is 20.2. The zero-order valence-electron chi connectivity index (χ0n) is 18.0. The second-order valence-electron chi connectivity index (χ2n) is 8.28. The predicted octanol–water partition coefficient (Wildman–Crippen LogP) is 4.98. The molecular formula is C25H33ClN2O2. The lowest BCUT2D eigenvalue weighted by molar-refractivity contribution is -0.122. The molecule has 0 aliphatic heterocycles. The molecule has 1 saturated carbocycles. The number of benzene rings is 2. The fraction of sp³-hybridized carbons (Fsp3) is 0.440. The highest BCUT2D eigenvalue weighted by Gasteiger charge is 2.38. The van der Waals surface area contributed by atoms with Crippen molar-refractivity contribution in [2.24, 2.45) is 0 Å². The first kappa shape index (κ1) is 24.1. The highest BCUT2D eigenvalue weighted by atomic mass is 35.5. The van der Waals surface area contributed by atoms with Crippen molar-refractivity contribution >= 4 is 24.1 Å². The largest absolute Gasteiger partial charge is 0.353 e. The van der Waals surface area contributed by atoms with Crippen molar-refractivity contribution in [3.05, 3.63) is 71.8 Å². The van der Waals surface area contributed by atoms with E-state index >= 15 is 0 Å². The van der Waals surface area contributed by atoms with Gasteiger partial charge >= 0.3 is 0 Å². The van der Waals surface area contributed by atoms with Gasteiger partial charge in [-0.25, -0.2) is 0 Å². The maximum absolute atomic E-state index is 12.4. The molecule has 0 aromatic heterocycles. The normalized spacial score (nSPS) is 21.0. The van der Waals surface area contributed by atoms with Crippen molar-refractivity contribution in [3.63, 3.8) is 0 Å². The summed E-state index contributed by atoms with van der Waals surface area (Å²) in [5.41, 5.74) is 2.13. The Morgan fingerprint density at radius 2 is 1.50 bits per heavy atom. The van der Waals surface area contributed by atoms with Gasteiger partial charge in [0, 0.05) is 30.0 Å². The van der Waals surface area contributed by atoms with Gasteiger partial charge in [-0.3, -0.25) is 14.5 Å². The van der Waals surface area contributed by atoms with Gasteiger partial charge in [-0.05, 0) is 51.8 Å². The number of halogens is 1. The highest BCUT2D eigenvalue weighted by molar-refractivity contribution is 5.96. The number of hydrogen-bond acceptors (Lipinski definition) is 3. The molecule has 2 aromatic carbocycles. The first-order valence-corrected chi connectivity index (χ1v) is 10.6. The van der Waals surface area contributed by atoms with Gasteiger partial charge in [-0.2, -0.15) is 0 Å². The molecule has 162 valence electrons. The molecule has 0 heterocycles. The number of nitrogens with zero attached hydrogens (tertiary/aromatic N) is 1. The Balaban J connectivity index is 0.00000320. The molecule has 0 atom stereocenters. The van der Waals surface area contributed by atoms with E-state index in [1.54, 1.807) is 0 Å². The predicted molar refractivity (Wildman–Crippen MR) is 124 cm³/mol. The average Bonchev–Trinajstić information content (AvgIpc) is 2.75. The van der Waals surface area contributed by atoms with Crippen LogP contribution in [0.5, 0.6) is 0 Å². The Labute approximate surface area is 186 Å². The van der Waals surface area contributed by atoms with Crippen LogP contribution in [0.2, 0.25) is 0 Å². The number of amides is 1. The fourth-order valence-corrected chi connectivity index (χ4v) is 4.46. The Hall–Kier alpha value is -2.17. The van der Waals surface area contributed by atoms with E-state index in [-0.39, 0.29) is 35.7 Å². The van der Waals surface area contributed by atoms with Gasteiger partial charge in [0.1, 0.15) is 0 Å². The topological polar surface area (TPSA) is 49.4 Å². The van der Waals surface area contributed by atoms with Crippen molar-refractivity contribution < 1.29 is 9.59 Å². The van der Waals surface area contributed by atoms with E-state index in [0.717, 1.165) is 31.2 Å². The van der Waals surface area contributed by atoms with Crippen LogP contribution in [0.3, 0.4) is 0 Å². The van der Waals surface area contributed by atoms with Gasteiger partial charge < -0.3 is 5.32 Å². The van der Waals surface area contributed by atoms with Gasteiger partial charge in [0.2, 0.25) is 5.91 Å². The molecule has 5 heteroatoms. The molecule has 0 saturated heterocycles. The smallest absolute Gasteiger partial charge is 0.220 e. The molecule has 0 spiro atoms. The van der Waals surface area contributed by atoms with E-state index in [4.69, 9.17) is 0 Å². The maximum Gasteiger partial charge on any atom is 0.220 e. The quantitative estimate of drug-likeness (QED) is 0.603. The lowest BCUT2D eigenvalue weighted by Crippen LogP contribution is -2.48. The number of carbonyl (C=O) groups excluding carboxylic acids is 2. The zero-order valence-corrected chi connectivity index (χ0v) is 18.8. The van der Waals surface area contributed by atoms with Crippen LogP contribution >= 0.6 is 12.4 Å². The Kier molecular flexibility index (Phi) is 9.07. The van der Waals surface area contributed by atoms with E-state index < -0.39 is 0 Å². The van der Waals surface area contributed by atoms with Crippen LogP contribution in [0.15, 0.2) is 60.7 Å². The summed E-state index contributed by atoms with van der Waals surface area (Å²) < 4.78 is 0. The molecule has 2 aromatic rings. The van der Waals surface area contributed by atoms with E-state index in [2.05, 4.69) is 54.6 Å². The minimum atomic E-state index is 0. The van der Waals surface area contributed by atoms with Crippen molar-refractivity contribution in [3.8, 4) is 0 Å². The maximum atomic E-state index is 12.4. The van der Waals surface area contributed by atoms with Crippen LogP contribution in [-0.2, 0) is 10.3 Å². The van der Waals surface area contributed by atoms with Crippen LogP contribution in [0.4, 0.5) is 0 Å². The molecule has 1 amide bonds. The SMILES string of the molecule is CN(C)C1(c2ccccc2)CCC(NC(=O)CCCC(=O)c2ccccc2)CC1.Cl. The number of rotatable bonds is 8. The third-order valence-corrected chi connectivity index (χ3v) is 6.25. The molecule has 0 bridgehead atoms. The molecule has 1 N–H and O–H groups in total. The first-order valence-electron chi connectivity index (χ1n) is 10.6. The molecule has 1 aliphatic carbocycles. The van der Waals surface area contributed by atoms with Crippen LogP contribution in [-0.4, -0.2) is 36.7 Å². The molecule has 0 unspecified atom stereocenters.